The predicted octanol–water partition coefficient (Wildman–Crippen LogP) is 5.37. The zero-order chi connectivity index (χ0) is 19.6. The first-order valence-electron chi connectivity index (χ1n) is 9.28. The summed E-state index contributed by atoms with van der Waals surface area (Å²) >= 11 is 0. The summed E-state index contributed by atoms with van der Waals surface area (Å²) in [6.07, 6.45) is 4.33. The molecule has 0 saturated carbocycles. The second-order valence-corrected chi connectivity index (χ2v) is 19.0. The predicted molar refractivity (Wildman–Crippen MR) is 116 cm³/mol. The Kier molecular flexibility index (Phi) is 10.7. The number of hydrogen-bond acceptors (Lipinski definition) is 2. The van der Waals surface area contributed by atoms with Crippen LogP contribution in [0.3, 0.4) is 0 Å². The Bertz CT molecular complexity index is 529. The highest BCUT2D eigenvalue weighted by molar-refractivity contribution is 6.80. The van der Waals surface area contributed by atoms with Gasteiger partial charge >= 0.3 is 0 Å². The van der Waals surface area contributed by atoms with E-state index < -0.39 is 22.5 Å². The van der Waals surface area contributed by atoms with Gasteiger partial charge in [0.2, 0.25) is 0 Å². The van der Waals surface area contributed by atoms with Gasteiger partial charge in [-0.05, 0) is 24.6 Å². The molecule has 4 heteroatoms. The molecule has 0 aliphatic heterocycles. The SMILES string of the molecule is CC(C)(C)[Si](C)(C)OCCCC#CCC#CC[C@H](O)/C=C/[Si](C)(C)C. The van der Waals surface area contributed by atoms with Gasteiger partial charge in [-0.1, -0.05) is 69.9 Å². The Balaban J connectivity index is 3.93. The van der Waals surface area contributed by atoms with Crippen LogP contribution >= 0.6 is 0 Å². The fourth-order valence-corrected chi connectivity index (χ4v) is 3.49. The molecule has 0 amide bonds. The first kappa shape index (κ1) is 24.2. The maximum absolute atomic E-state index is 9.82. The van der Waals surface area contributed by atoms with Gasteiger partial charge in [-0.15, -0.1) is 5.92 Å². The molecule has 0 aromatic rings. The summed E-state index contributed by atoms with van der Waals surface area (Å²) in [5.74, 6) is 12.3. The Morgan fingerprint density at radius 2 is 1.60 bits per heavy atom. The molecule has 1 atom stereocenters. The Hall–Kier alpha value is -0.786. The van der Waals surface area contributed by atoms with E-state index in [0.29, 0.717) is 12.8 Å². The van der Waals surface area contributed by atoms with Crippen LogP contribution in [-0.4, -0.2) is 34.2 Å². The van der Waals surface area contributed by atoms with Crippen molar-refractivity contribution < 1.29 is 9.53 Å². The summed E-state index contributed by atoms with van der Waals surface area (Å²) in [5.41, 5.74) is 2.16. The first-order chi connectivity index (χ1) is 11.4. The van der Waals surface area contributed by atoms with Crippen LogP contribution in [0.2, 0.25) is 37.8 Å². The summed E-state index contributed by atoms with van der Waals surface area (Å²) in [5, 5.41) is 10.1. The zero-order valence-corrected chi connectivity index (χ0v) is 19.6. The molecular formula is C21H38O2Si2. The number of rotatable bonds is 7. The van der Waals surface area contributed by atoms with Crippen LogP contribution in [0.4, 0.5) is 0 Å². The third-order valence-corrected chi connectivity index (χ3v) is 10.0. The van der Waals surface area contributed by atoms with E-state index >= 15 is 0 Å². The maximum Gasteiger partial charge on any atom is 0.191 e. The van der Waals surface area contributed by atoms with Crippen molar-refractivity contribution in [1.82, 2.24) is 0 Å². The summed E-state index contributed by atoms with van der Waals surface area (Å²) < 4.78 is 6.12. The van der Waals surface area contributed by atoms with Crippen molar-refractivity contribution >= 4 is 16.4 Å². The van der Waals surface area contributed by atoms with Gasteiger partial charge in [-0.25, -0.2) is 0 Å². The van der Waals surface area contributed by atoms with Crippen molar-refractivity contribution in [1.29, 1.82) is 0 Å². The van der Waals surface area contributed by atoms with Crippen LogP contribution in [0.15, 0.2) is 11.8 Å². The molecule has 0 aliphatic carbocycles. The highest BCUT2D eigenvalue weighted by Crippen LogP contribution is 2.36. The van der Waals surface area contributed by atoms with E-state index in [1.54, 1.807) is 0 Å². The molecule has 0 heterocycles. The molecule has 0 aliphatic rings. The van der Waals surface area contributed by atoms with Crippen LogP contribution in [0.5, 0.6) is 0 Å². The molecule has 0 spiro atoms. The van der Waals surface area contributed by atoms with Gasteiger partial charge in [0, 0.05) is 19.4 Å². The van der Waals surface area contributed by atoms with Crippen molar-refractivity contribution in [2.24, 2.45) is 0 Å². The Labute approximate surface area is 158 Å². The number of hydrogen-bond donors (Lipinski definition) is 1. The third-order valence-electron chi connectivity index (χ3n) is 4.27. The Morgan fingerprint density at radius 3 is 2.16 bits per heavy atom. The number of unbranched alkanes of at least 4 members (excludes halogenated alkanes) is 1. The monoisotopic (exact) mass is 378 g/mol. The van der Waals surface area contributed by atoms with Gasteiger partial charge in [-0.2, -0.15) is 0 Å². The summed E-state index contributed by atoms with van der Waals surface area (Å²) in [7, 11) is -2.86. The number of aliphatic hydroxyl groups is 1. The molecule has 142 valence electrons. The van der Waals surface area contributed by atoms with Crippen LogP contribution < -0.4 is 0 Å². The van der Waals surface area contributed by atoms with Gasteiger partial charge in [0.1, 0.15) is 0 Å². The topological polar surface area (TPSA) is 29.5 Å². The molecule has 0 saturated heterocycles. The molecular weight excluding hydrogens is 340 g/mol. The van der Waals surface area contributed by atoms with Crippen molar-refractivity contribution in [2.75, 3.05) is 6.61 Å². The molecule has 2 nitrogen and oxygen atoms in total. The Morgan fingerprint density at radius 1 is 1.00 bits per heavy atom. The molecule has 25 heavy (non-hydrogen) atoms. The minimum absolute atomic E-state index is 0.267. The lowest BCUT2D eigenvalue weighted by Crippen LogP contribution is -2.40. The molecule has 0 unspecified atom stereocenters. The van der Waals surface area contributed by atoms with Gasteiger partial charge in [0.05, 0.1) is 20.6 Å². The molecule has 0 aromatic heterocycles. The number of aliphatic hydroxyl groups excluding tert-OH is 1. The normalized spacial score (nSPS) is 13.8. The standard InChI is InChI=1S/C21H38O2Si2/c1-21(2,3)25(7,8)23-18-15-13-11-9-10-12-14-16-20(22)17-19-24(4,5)6/h17,19-20,22H,10,13,15-16,18H2,1-8H3/b19-17+/t20-/m0/s1. The largest absolute Gasteiger partial charge is 0.417 e. The van der Waals surface area contributed by atoms with Crippen LogP contribution in [0.1, 0.15) is 46.5 Å². The van der Waals surface area contributed by atoms with Crippen molar-refractivity contribution in [2.45, 2.75) is 90.3 Å². The average molecular weight is 379 g/mol. The van der Waals surface area contributed by atoms with Crippen LogP contribution in [0, 0.1) is 23.7 Å². The van der Waals surface area contributed by atoms with Crippen LogP contribution in [-0.2, 0) is 4.43 Å². The first-order valence-corrected chi connectivity index (χ1v) is 15.8. The molecule has 0 radical (unpaired) electrons. The van der Waals surface area contributed by atoms with Crippen molar-refractivity contribution in [3.8, 4) is 23.7 Å². The average Bonchev–Trinajstić information content (AvgIpc) is 2.45. The zero-order valence-electron chi connectivity index (χ0n) is 17.6. The van der Waals surface area contributed by atoms with E-state index in [2.05, 4.69) is 82.9 Å². The third kappa shape index (κ3) is 13.1. The minimum Gasteiger partial charge on any atom is -0.417 e. The quantitative estimate of drug-likeness (QED) is 0.366. The van der Waals surface area contributed by atoms with Crippen LogP contribution in [0.25, 0.3) is 0 Å². The van der Waals surface area contributed by atoms with Gasteiger partial charge in [-0.3, -0.25) is 0 Å². The van der Waals surface area contributed by atoms with E-state index in [4.69, 9.17) is 4.43 Å². The fourth-order valence-electron chi connectivity index (χ4n) is 1.61. The highest BCUT2D eigenvalue weighted by atomic mass is 28.4. The lowest BCUT2D eigenvalue weighted by molar-refractivity contribution is 0.229. The molecule has 0 aromatic carbocycles. The van der Waals surface area contributed by atoms with Gasteiger partial charge in [0.25, 0.3) is 0 Å². The van der Waals surface area contributed by atoms with E-state index in [9.17, 15) is 5.11 Å². The molecule has 1 N–H and O–H groups in total. The molecule has 0 fully saturated rings. The second-order valence-electron chi connectivity index (χ2n) is 9.09. The fraction of sp³-hybridized carbons (Fsp3) is 0.714. The summed E-state index contributed by atoms with van der Waals surface area (Å²) in [4.78, 5) is 0. The summed E-state index contributed by atoms with van der Waals surface area (Å²) in [6.45, 7) is 18.9. The second kappa shape index (κ2) is 11.0. The van der Waals surface area contributed by atoms with Gasteiger partial charge < -0.3 is 9.53 Å². The molecule has 0 bridgehead atoms. The van der Waals surface area contributed by atoms with Crippen molar-refractivity contribution in [3.05, 3.63) is 11.8 Å². The lowest BCUT2D eigenvalue weighted by atomic mass is 10.2. The minimum atomic E-state index is -1.62. The highest BCUT2D eigenvalue weighted by Gasteiger charge is 2.36. The van der Waals surface area contributed by atoms with E-state index in [-0.39, 0.29) is 5.04 Å². The maximum atomic E-state index is 9.82. The van der Waals surface area contributed by atoms with E-state index in [0.717, 1.165) is 19.4 Å². The molecule has 0 rings (SSSR count). The van der Waals surface area contributed by atoms with Gasteiger partial charge in [0.15, 0.2) is 8.32 Å². The smallest absolute Gasteiger partial charge is 0.191 e. The van der Waals surface area contributed by atoms with E-state index in [1.165, 1.54) is 0 Å². The summed E-state index contributed by atoms with van der Waals surface area (Å²) in [6, 6.07) is 0. The van der Waals surface area contributed by atoms with E-state index in [1.807, 2.05) is 6.08 Å². The lowest BCUT2D eigenvalue weighted by Gasteiger charge is -2.36. The van der Waals surface area contributed by atoms with Crippen molar-refractivity contribution in [3.63, 3.8) is 0 Å².